The molecule has 3 nitrogen and oxygen atoms in total. The van der Waals surface area contributed by atoms with E-state index in [9.17, 15) is 0 Å². The van der Waals surface area contributed by atoms with Crippen molar-refractivity contribution in [3.05, 3.63) is 42.1 Å². The standard InChI is InChI=1S/C18H23N3/c1-21-13-7-8-14(21)11-12(10-13)18(19)16-4-2-6-17-15(16)5-3-9-20-17/h2-6,9,12-14,18H,7-8,10-11,19H2,1H3. The van der Waals surface area contributed by atoms with Crippen LogP contribution in [0.5, 0.6) is 0 Å². The van der Waals surface area contributed by atoms with E-state index in [2.05, 4.69) is 41.2 Å². The number of nitrogens with two attached hydrogens (primary N) is 1. The summed E-state index contributed by atoms with van der Waals surface area (Å²) in [6.45, 7) is 0. The Morgan fingerprint density at radius 3 is 2.67 bits per heavy atom. The van der Waals surface area contributed by atoms with Gasteiger partial charge in [-0.05, 0) is 56.3 Å². The molecule has 2 aliphatic rings. The van der Waals surface area contributed by atoms with E-state index in [4.69, 9.17) is 5.73 Å². The molecule has 0 spiro atoms. The van der Waals surface area contributed by atoms with E-state index in [-0.39, 0.29) is 6.04 Å². The van der Waals surface area contributed by atoms with Gasteiger partial charge in [-0.1, -0.05) is 18.2 Å². The number of aromatic nitrogens is 1. The lowest BCUT2D eigenvalue weighted by Crippen LogP contribution is -2.42. The van der Waals surface area contributed by atoms with Crippen LogP contribution >= 0.6 is 0 Å². The highest BCUT2D eigenvalue weighted by atomic mass is 15.2. The monoisotopic (exact) mass is 281 g/mol. The van der Waals surface area contributed by atoms with Crippen molar-refractivity contribution in [3.8, 4) is 0 Å². The fourth-order valence-corrected chi connectivity index (χ4v) is 4.42. The summed E-state index contributed by atoms with van der Waals surface area (Å²) in [5.74, 6) is 0.601. The zero-order valence-corrected chi connectivity index (χ0v) is 12.6. The second-order valence-corrected chi connectivity index (χ2v) is 6.73. The van der Waals surface area contributed by atoms with Gasteiger partial charge in [-0.2, -0.15) is 0 Å². The molecule has 3 unspecified atom stereocenters. The van der Waals surface area contributed by atoms with E-state index >= 15 is 0 Å². The van der Waals surface area contributed by atoms with Crippen molar-refractivity contribution in [1.82, 2.24) is 9.88 Å². The molecule has 21 heavy (non-hydrogen) atoms. The lowest BCUT2D eigenvalue weighted by molar-refractivity contribution is 0.121. The molecular weight excluding hydrogens is 258 g/mol. The summed E-state index contributed by atoms with van der Waals surface area (Å²) < 4.78 is 0. The minimum absolute atomic E-state index is 0.134. The van der Waals surface area contributed by atoms with Crippen molar-refractivity contribution in [1.29, 1.82) is 0 Å². The Hall–Kier alpha value is -1.45. The van der Waals surface area contributed by atoms with Gasteiger partial charge in [0.05, 0.1) is 5.52 Å². The molecular formula is C18H23N3. The molecule has 0 radical (unpaired) electrons. The van der Waals surface area contributed by atoms with E-state index in [1.807, 2.05) is 12.3 Å². The maximum Gasteiger partial charge on any atom is 0.0705 e. The van der Waals surface area contributed by atoms with Crippen molar-refractivity contribution in [2.75, 3.05) is 7.05 Å². The summed E-state index contributed by atoms with van der Waals surface area (Å²) in [7, 11) is 2.28. The summed E-state index contributed by atoms with van der Waals surface area (Å²) in [4.78, 5) is 7.04. The van der Waals surface area contributed by atoms with E-state index in [1.54, 1.807) is 0 Å². The van der Waals surface area contributed by atoms with Crippen molar-refractivity contribution in [2.24, 2.45) is 11.7 Å². The topological polar surface area (TPSA) is 42.1 Å². The van der Waals surface area contributed by atoms with Crippen molar-refractivity contribution >= 4 is 10.9 Å². The average Bonchev–Trinajstić information content (AvgIpc) is 2.75. The molecule has 2 fully saturated rings. The zero-order valence-electron chi connectivity index (χ0n) is 12.6. The van der Waals surface area contributed by atoms with Gasteiger partial charge in [-0.3, -0.25) is 4.98 Å². The molecule has 4 rings (SSSR count). The largest absolute Gasteiger partial charge is 0.324 e. The molecule has 2 bridgehead atoms. The van der Waals surface area contributed by atoms with Crippen molar-refractivity contribution < 1.29 is 0 Å². The Kier molecular flexibility index (Phi) is 3.20. The molecule has 3 atom stereocenters. The molecule has 0 amide bonds. The third-order valence-corrected chi connectivity index (χ3v) is 5.68. The van der Waals surface area contributed by atoms with Crippen LogP contribution in [0.1, 0.15) is 37.3 Å². The van der Waals surface area contributed by atoms with Crippen LogP contribution in [0.2, 0.25) is 0 Å². The third-order valence-electron chi connectivity index (χ3n) is 5.68. The third kappa shape index (κ3) is 2.16. The molecule has 2 saturated heterocycles. The molecule has 3 heterocycles. The first kappa shape index (κ1) is 13.2. The highest BCUT2D eigenvalue weighted by molar-refractivity contribution is 5.82. The molecule has 0 saturated carbocycles. The van der Waals surface area contributed by atoms with Crippen molar-refractivity contribution in [3.63, 3.8) is 0 Å². The molecule has 1 aromatic heterocycles. The van der Waals surface area contributed by atoms with Gasteiger partial charge in [0.1, 0.15) is 0 Å². The molecule has 0 aliphatic carbocycles. The molecule has 2 aliphatic heterocycles. The van der Waals surface area contributed by atoms with E-state index < -0.39 is 0 Å². The fraction of sp³-hybridized carbons (Fsp3) is 0.500. The lowest BCUT2D eigenvalue weighted by atomic mass is 9.81. The molecule has 110 valence electrons. The molecule has 3 heteroatoms. The van der Waals surface area contributed by atoms with Crippen LogP contribution in [0, 0.1) is 5.92 Å². The maximum absolute atomic E-state index is 6.69. The molecule has 2 aromatic rings. The Bertz CT molecular complexity index is 634. The zero-order chi connectivity index (χ0) is 14.4. The minimum atomic E-state index is 0.134. The van der Waals surface area contributed by atoms with Gasteiger partial charge in [0.15, 0.2) is 0 Å². The predicted octanol–water partition coefficient (Wildman–Crippen LogP) is 3.11. The van der Waals surface area contributed by atoms with Crippen molar-refractivity contribution in [2.45, 2.75) is 43.8 Å². The van der Waals surface area contributed by atoms with Crippen LogP contribution in [0.3, 0.4) is 0 Å². The van der Waals surface area contributed by atoms with E-state index in [1.165, 1.54) is 36.6 Å². The first-order valence-corrected chi connectivity index (χ1v) is 8.05. The van der Waals surface area contributed by atoms with Gasteiger partial charge in [-0.25, -0.2) is 0 Å². The number of piperidine rings is 1. The summed E-state index contributed by atoms with van der Waals surface area (Å²) in [5.41, 5.74) is 9.02. The predicted molar refractivity (Wildman–Crippen MR) is 86.0 cm³/mol. The van der Waals surface area contributed by atoms with Gasteiger partial charge in [0.25, 0.3) is 0 Å². The van der Waals surface area contributed by atoms with Gasteiger partial charge in [0, 0.05) is 29.7 Å². The van der Waals surface area contributed by atoms with Crippen LogP contribution in [-0.2, 0) is 0 Å². The van der Waals surface area contributed by atoms with Crippen LogP contribution in [0.15, 0.2) is 36.5 Å². The first-order chi connectivity index (χ1) is 10.2. The van der Waals surface area contributed by atoms with E-state index in [0.717, 1.165) is 17.6 Å². The van der Waals surface area contributed by atoms with E-state index in [0.29, 0.717) is 5.92 Å². The van der Waals surface area contributed by atoms with Gasteiger partial charge < -0.3 is 10.6 Å². The number of benzene rings is 1. The second kappa shape index (κ2) is 5.08. The number of rotatable bonds is 2. The number of nitrogens with zero attached hydrogens (tertiary/aromatic N) is 2. The highest BCUT2D eigenvalue weighted by Crippen LogP contribution is 2.42. The average molecular weight is 281 g/mol. The van der Waals surface area contributed by atoms with Crippen LogP contribution in [-0.4, -0.2) is 29.0 Å². The van der Waals surface area contributed by atoms with Gasteiger partial charge in [0.2, 0.25) is 0 Å². The Balaban J connectivity index is 1.66. The Morgan fingerprint density at radius 2 is 1.90 bits per heavy atom. The quantitative estimate of drug-likeness (QED) is 0.919. The molecule has 1 aromatic carbocycles. The summed E-state index contributed by atoms with van der Waals surface area (Å²) >= 11 is 0. The summed E-state index contributed by atoms with van der Waals surface area (Å²) in [6, 6.07) is 12.1. The Morgan fingerprint density at radius 1 is 1.14 bits per heavy atom. The van der Waals surface area contributed by atoms with Crippen LogP contribution < -0.4 is 5.73 Å². The maximum atomic E-state index is 6.69. The first-order valence-electron chi connectivity index (χ1n) is 8.05. The number of pyridine rings is 1. The summed E-state index contributed by atoms with van der Waals surface area (Å²) in [6.07, 6.45) is 7.03. The normalized spacial score (nSPS) is 30.7. The smallest absolute Gasteiger partial charge is 0.0705 e. The summed E-state index contributed by atoms with van der Waals surface area (Å²) in [5, 5.41) is 1.22. The van der Waals surface area contributed by atoms with Gasteiger partial charge in [-0.15, -0.1) is 0 Å². The lowest BCUT2D eigenvalue weighted by Gasteiger charge is -2.39. The SMILES string of the molecule is CN1C2CCC1CC(C(N)c1cccc3ncccc13)C2. The number of hydrogen-bond donors (Lipinski definition) is 1. The van der Waals surface area contributed by atoms with Crippen LogP contribution in [0.4, 0.5) is 0 Å². The minimum Gasteiger partial charge on any atom is -0.324 e. The molecule has 2 N–H and O–H groups in total. The number of fused-ring (bicyclic) bond motifs is 3. The van der Waals surface area contributed by atoms with Crippen LogP contribution in [0.25, 0.3) is 10.9 Å². The second-order valence-electron chi connectivity index (χ2n) is 6.73. The Labute approximate surface area is 126 Å². The number of hydrogen-bond acceptors (Lipinski definition) is 3. The van der Waals surface area contributed by atoms with Gasteiger partial charge >= 0.3 is 0 Å². The fourth-order valence-electron chi connectivity index (χ4n) is 4.42. The highest BCUT2D eigenvalue weighted by Gasteiger charge is 2.40.